The van der Waals surface area contributed by atoms with Crippen LogP contribution in [-0.2, 0) is 9.47 Å². The van der Waals surface area contributed by atoms with E-state index < -0.39 is 0 Å². The molecule has 0 bridgehead atoms. The number of guanidine groups is 1. The zero-order valence-corrected chi connectivity index (χ0v) is 18.3. The molecule has 1 aromatic carbocycles. The van der Waals surface area contributed by atoms with Gasteiger partial charge in [0.15, 0.2) is 5.96 Å². The van der Waals surface area contributed by atoms with E-state index in [2.05, 4.69) is 27.0 Å². The van der Waals surface area contributed by atoms with Crippen LogP contribution in [0.15, 0.2) is 29.3 Å². The lowest BCUT2D eigenvalue weighted by molar-refractivity contribution is -0.0610. The maximum Gasteiger partial charge on any atom is 0.193 e. The predicted octanol–water partition coefficient (Wildman–Crippen LogP) is 2.81. The van der Waals surface area contributed by atoms with Gasteiger partial charge in [-0.05, 0) is 63.4 Å². The molecule has 4 rings (SSSR count). The van der Waals surface area contributed by atoms with Gasteiger partial charge in [0.1, 0.15) is 11.9 Å². The fourth-order valence-electron chi connectivity index (χ4n) is 5.11. The summed E-state index contributed by atoms with van der Waals surface area (Å²) in [7, 11) is 1.85. The molecular formula is C23H35FN4O2. The number of ether oxygens (including phenoxy) is 2. The van der Waals surface area contributed by atoms with Gasteiger partial charge in [-0.1, -0.05) is 12.1 Å². The summed E-state index contributed by atoms with van der Waals surface area (Å²) in [6, 6.07) is 6.63. The zero-order chi connectivity index (χ0) is 21.0. The number of hydrogen-bond donors (Lipinski definition) is 1. The van der Waals surface area contributed by atoms with Gasteiger partial charge in [-0.2, -0.15) is 0 Å². The van der Waals surface area contributed by atoms with Gasteiger partial charge >= 0.3 is 0 Å². The third kappa shape index (κ3) is 4.79. The van der Waals surface area contributed by atoms with Crippen LogP contribution in [-0.4, -0.2) is 80.4 Å². The fourth-order valence-corrected chi connectivity index (χ4v) is 5.11. The SMILES string of the molecule is CN=C(NCC1(N2CCCC2)CCOCC1)N1CC(C)OC(c2ccc(F)cc2)C1. The Hall–Kier alpha value is -1.70. The van der Waals surface area contributed by atoms with Crippen molar-refractivity contribution in [3.8, 4) is 0 Å². The van der Waals surface area contributed by atoms with E-state index in [1.165, 1.54) is 38.1 Å². The summed E-state index contributed by atoms with van der Waals surface area (Å²) in [6.07, 6.45) is 4.69. The Morgan fingerprint density at radius 2 is 1.87 bits per heavy atom. The highest BCUT2D eigenvalue weighted by atomic mass is 19.1. The first-order chi connectivity index (χ1) is 14.6. The molecule has 0 radical (unpaired) electrons. The molecule has 3 heterocycles. The van der Waals surface area contributed by atoms with Crippen LogP contribution in [0.25, 0.3) is 0 Å². The quantitative estimate of drug-likeness (QED) is 0.602. The van der Waals surface area contributed by atoms with Gasteiger partial charge in [-0.15, -0.1) is 0 Å². The molecule has 2 atom stereocenters. The molecule has 166 valence electrons. The molecule has 0 aliphatic carbocycles. The number of halogens is 1. The molecule has 6 nitrogen and oxygen atoms in total. The van der Waals surface area contributed by atoms with Crippen molar-refractivity contribution in [3.63, 3.8) is 0 Å². The Bertz CT molecular complexity index is 714. The summed E-state index contributed by atoms with van der Waals surface area (Å²) in [5, 5.41) is 3.69. The topological polar surface area (TPSA) is 49.3 Å². The summed E-state index contributed by atoms with van der Waals surface area (Å²) < 4.78 is 25.2. The lowest BCUT2D eigenvalue weighted by atomic mass is 9.88. The molecule has 1 N–H and O–H groups in total. The zero-order valence-electron chi connectivity index (χ0n) is 18.3. The lowest BCUT2D eigenvalue weighted by Gasteiger charge is -2.46. The van der Waals surface area contributed by atoms with Crippen molar-refractivity contribution in [2.75, 3.05) is 53.0 Å². The van der Waals surface area contributed by atoms with Gasteiger partial charge in [-0.25, -0.2) is 4.39 Å². The van der Waals surface area contributed by atoms with Crippen molar-refractivity contribution in [3.05, 3.63) is 35.6 Å². The van der Waals surface area contributed by atoms with Gasteiger partial charge in [0.25, 0.3) is 0 Å². The maximum atomic E-state index is 13.3. The molecule has 1 aromatic rings. The number of hydrogen-bond acceptors (Lipinski definition) is 4. The molecule has 0 aromatic heterocycles. The second-order valence-corrected chi connectivity index (χ2v) is 8.82. The van der Waals surface area contributed by atoms with Crippen molar-refractivity contribution >= 4 is 5.96 Å². The standard InChI is InChI=1S/C23H35FN4O2/c1-18-15-27(16-21(30-18)19-5-7-20(24)8-6-19)22(25-2)26-17-23(9-13-29-14-10-23)28-11-3-4-12-28/h5-8,18,21H,3-4,9-17H2,1-2H3,(H,25,26). The highest BCUT2D eigenvalue weighted by Gasteiger charge is 2.40. The fraction of sp³-hybridized carbons (Fsp3) is 0.696. The van der Waals surface area contributed by atoms with Gasteiger partial charge < -0.3 is 19.7 Å². The van der Waals surface area contributed by atoms with Gasteiger partial charge in [0.2, 0.25) is 0 Å². The summed E-state index contributed by atoms with van der Waals surface area (Å²) in [6.45, 7) is 8.49. The molecule has 0 spiro atoms. The minimum Gasteiger partial charge on any atom is -0.381 e. The molecule has 2 unspecified atom stereocenters. The van der Waals surface area contributed by atoms with Crippen LogP contribution in [0, 0.1) is 5.82 Å². The minimum absolute atomic E-state index is 0.0722. The first kappa shape index (κ1) is 21.5. The highest BCUT2D eigenvalue weighted by Crippen LogP contribution is 2.31. The summed E-state index contributed by atoms with van der Waals surface area (Å²) in [5.41, 5.74) is 1.15. The third-order valence-corrected chi connectivity index (χ3v) is 6.79. The van der Waals surface area contributed by atoms with Crippen LogP contribution in [0.4, 0.5) is 4.39 Å². The van der Waals surface area contributed by atoms with Crippen molar-refractivity contribution < 1.29 is 13.9 Å². The number of benzene rings is 1. The number of nitrogens with zero attached hydrogens (tertiary/aromatic N) is 3. The van der Waals surface area contributed by atoms with E-state index in [0.717, 1.165) is 50.7 Å². The normalized spacial score (nSPS) is 28.0. The van der Waals surface area contributed by atoms with Crippen LogP contribution < -0.4 is 5.32 Å². The molecule has 30 heavy (non-hydrogen) atoms. The molecule has 3 saturated heterocycles. The monoisotopic (exact) mass is 418 g/mol. The van der Waals surface area contributed by atoms with E-state index in [1.54, 1.807) is 0 Å². The predicted molar refractivity (Wildman–Crippen MR) is 116 cm³/mol. The van der Waals surface area contributed by atoms with Crippen molar-refractivity contribution in [2.24, 2.45) is 4.99 Å². The average Bonchev–Trinajstić information content (AvgIpc) is 3.31. The molecular weight excluding hydrogens is 383 g/mol. The Morgan fingerprint density at radius 1 is 1.17 bits per heavy atom. The summed E-state index contributed by atoms with van der Waals surface area (Å²) in [5.74, 6) is 0.697. The van der Waals surface area contributed by atoms with Crippen molar-refractivity contribution in [2.45, 2.75) is 50.4 Å². The lowest BCUT2D eigenvalue weighted by Crippen LogP contribution is -2.60. The molecule has 7 heteroatoms. The van der Waals surface area contributed by atoms with Crippen LogP contribution >= 0.6 is 0 Å². The highest BCUT2D eigenvalue weighted by molar-refractivity contribution is 5.80. The number of aliphatic imine (C=N–C) groups is 1. The van der Waals surface area contributed by atoms with Gasteiger partial charge in [-0.3, -0.25) is 9.89 Å². The molecule has 3 aliphatic rings. The molecule has 3 fully saturated rings. The number of nitrogens with one attached hydrogen (secondary N) is 1. The second-order valence-electron chi connectivity index (χ2n) is 8.82. The van der Waals surface area contributed by atoms with Crippen LogP contribution in [0.3, 0.4) is 0 Å². The smallest absolute Gasteiger partial charge is 0.193 e. The first-order valence-electron chi connectivity index (χ1n) is 11.3. The van der Waals surface area contributed by atoms with Crippen LogP contribution in [0.5, 0.6) is 0 Å². The summed E-state index contributed by atoms with van der Waals surface area (Å²) >= 11 is 0. The molecule has 0 amide bonds. The van der Waals surface area contributed by atoms with E-state index in [-0.39, 0.29) is 23.6 Å². The van der Waals surface area contributed by atoms with Crippen LogP contribution in [0.1, 0.15) is 44.3 Å². The minimum atomic E-state index is -0.222. The summed E-state index contributed by atoms with van der Waals surface area (Å²) in [4.78, 5) is 9.54. The molecule has 3 aliphatic heterocycles. The largest absolute Gasteiger partial charge is 0.381 e. The number of morpholine rings is 1. The van der Waals surface area contributed by atoms with Gasteiger partial charge in [0.05, 0.1) is 12.6 Å². The average molecular weight is 419 g/mol. The number of rotatable bonds is 4. The van der Waals surface area contributed by atoms with E-state index in [1.807, 2.05) is 19.2 Å². The van der Waals surface area contributed by atoms with Crippen molar-refractivity contribution in [1.29, 1.82) is 0 Å². The maximum absolute atomic E-state index is 13.3. The third-order valence-electron chi connectivity index (χ3n) is 6.79. The van der Waals surface area contributed by atoms with E-state index in [0.29, 0.717) is 6.54 Å². The van der Waals surface area contributed by atoms with Gasteiger partial charge in [0, 0.05) is 38.9 Å². The Labute approximate surface area is 179 Å². The number of likely N-dealkylation sites (tertiary alicyclic amines) is 1. The Balaban J connectivity index is 1.44. The first-order valence-corrected chi connectivity index (χ1v) is 11.3. The van der Waals surface area contributed by atoms with Crippen LogP contribution in [0.2, 0.25) is 0 Å². The molecule has 0 saturated carbocycles. The van der Waals surface area contributed by atoms with E-state index >= 15 is 0 Å². The Morgan fingerprint density at radius 3 is 2.53 bits per heavy atom. The van der Waals surface area contributed by atoms with E-state index in [4.69, 9.17) is 9.47 Å². The Kier molecular flexibility index (Phi) is 6.91. The second kappa shape index (κ2) is 9.62. The van der Waals surface area contributed by atoms with Crippen molar-refractivity contribution in [1.82, 2.24) is 15.1 Å². The van der Waals surface area contributed by atoms with E-state index in [9.17, 15) is 4.39 Å².